The minimum atomic E-state index is -0.146. The van der Waals surface area contributed by atoms with Crippen LogP contribution in [0.4, 0.5) is 28.4 Å². The molecule has 0 radical (unpaired) electrons. The highest BCUT2D eigenvalue weighted by atomic mass is 32.2. The summed E-state index contributed by atoms with van der Waals surface area (Å²) in [7, 11) is 1.70. The van der Waals surface area contributed by atoms with Crippen LogP contribution >= 0.6 is 11.8 Å². The Morgan fingerprint density at radius 3 is 2.10 bits per heavy atom. The maximum atomic E-state index is 5.43. The summed E-state index contributed by atoms with van der Waals surface area (Å²) in [4.78, 5) is 5.90. The SMILES string of the molecule is COc1ccc(N(c2ccccc2)c2ccc3c(c2)C(C)(C)c2cc(N4C=CSc5ccccc54)ccc2-3)cc1. The Labute approximate surface area is 240 Å². The highest BCUT2D eigenvalue weighted by Crippen LogP contribution is 2.52. The lowest BCUT2D eigenvalue weighted by Crippen LogP contribution is -2.18. The van der Waals surface area contributed by atoms with Gasteiger partial charge in [-0.05, 0) is 100 Å². The van der Waals surface area contributed by atoms with E-state index in [-0.39, 0.29) is 5.41 Å². The normalized spacial score (nSPS) is 14.3. The minimum absolute atomic E-state index is 0.146. The number of rotatable bonds is 5. The molecule has 5 aromatic carbocycles. The summed E-state index contributed by atoms with van der Waals surface area (Å²) in [5, 5.41) is 2.17. The first kappa shape index (κ1) is 24.6. The number of nitrogens with zero attached hydrogens (tertiary/aromatic N) is 2. The summed E-state index contributed by atoms with van der Waals surface area (Å²) in [5.41, 5.74) is 10.9. The molecule has 4 heteroatoms. The van der Waals surface area contributed by atoms with Crippen LogP contribution in [0.3, 0.4) is 0 Å². The van der Waals surface area contributed by atoms with Crippen molar-refractivity contribution in [3.05, 3.63) is 138 Å². The van der Waals surface area contributed by atoms with Crippen LogP contribution in [0.1, 0.15) is 25.0 Å². The van der Waals surface area contributed by atoms with Crippen LogP contribution in [0.2, 0.25) is 0 Å². The Morgan fingerprint density at radius 2 is 1.32 bits per heavy atom. The van der Waals surface area contributed by atoms with Crippen molar-refractivity contribution in [1.29, 1.82) is 0 Å². The number of methoxy groups -OCH3 is 1. The molecule has 0 atom stereocenters. The van der Waals surface area contributed by atoms with E-state index in [2.05, 4.69) is 138 Å². The molecule has 5 aromatic rings. The van der Waals surface area contributed by atoms with Gasteiger partial charge in [-0.15, -0.1) is 0 Å². The van der Waals surface area contributed by atoms with Gasteiger partial charge in [-0.2, -0.15) is 0 Å². The number of para-hydroxylation sites is 2. The number of ether oxygens (including phenoxy) is 1. The molecule has 0 amide bonds. The molecular formula is C36H30N2OS. The van der Waals surface area contributed by atoms with Crippen LogP contribution in [-0.2, 0) is 5.41 Å². The average Bonchev–Trinajstić information content (AvgIpc) is 3.23. The smallest absolute Gasteiger partial charge is 0.119 e. The second kappa shape index (κ2) is 9.65. The molecule has 196 valence electrons. The highest BCUT2D eigenvalue weighted by Gasteiger charge is 2.36. The molecule has 1 aliphatic heterocycles. The molecule has 3 nitrogen and oxygen atoms in total. The van der Waals surface area contributed by atoms with Gasteiger partial charge in [-0.25, -0.2) is 0 Å². The van der Waals surface area contributed by atoms with E-state index in [0.717, 1.165) is 22.8 Å². The molecule has 2 aliphatic rings. The monoisotopic (exact) mass is 538 g/mol. The van der Waals surface area contributed by atoms with Gasteiger partial charge < -0.3 is 14.5 Å². The predicted octanol–water partition coefficient (Wildman–Crippen LogP) is 10.2. The Bertz CT molecular complexity index is 1740. The van der Waals surface area contributed by atoms with Gasteiger partial charge in [0.05, 0.1) is 12.8 Å². The van der Waals surface area contributed by atoms with Gasteiger partial charge in [0.2, 0.25) is 0 Å². The first-order valence-corrected chi connectivity index (χ1v) is 14.4. The molecular weight excluding hydrogens is 508 g/mol. The van der Waals surface area contributed by atoms with Crippen molar-refractivity contribution in [2.24, 2.45) is 0 Å². The zero-order valence-corrected chi connectivity index (χ0v) is 23.7. The molecule has 0 unspecified atom stereocenters. The van der Waals surface area contributed by atoms with E-state index in [0.29, 0.717) is 0 Å². The number of fused-ring (bicyclic) bond motifs is 4. The molecule has 7 rings (SSSR count). The van der Waals surface area contributed by atoms with Crippen LogP contribution < -0.4 is 14.5 Å². The van der Waals surface area contributed by atoms with Crippen molar-refractivity contribution in [1.82, 2.24) is 0 Å². The molecule has 0 aromatic heterocycles. The molecule has 40 heavy (non-hydrogen) atoms. The van der Waals surface area contributed by atoms with E-state index >= 15 is 0 Å². The standard InChI is InChI=1S/C36H30N2OS/c1-36(2)32-23-27(37-21-22-40-35-12-8-7-11-34(35)37)15-19-30(32)31-20-16-28(24-33(31)36)38(25-9-5-4-6-10-25)26-13-17-29(39-3)18-14-26/h4-24H,1-3H3. The van der Waals surface area contributed by atoms with Gasteiger partial charge in [0, 0.05) is 39.3 Å². The Kier molecular flexibility index (Phi) is 5.94. The predicted molar refractivity (Wildman–Crippen MR) is 169 cm³/mol. The maximum Gasteiger partial charge on any atom is 0.119 e. The van der Waals surface area contributed by atoms with E-state index in [1.54, 1.807) is 18.9 Å². The number of thioether (sulfide) groups is 1. The minimum Gasteiger partial charge on any atom is -0.497 e. The number of hydrogen-bond acceptors (Lipinski definition) is 4. The van der Waals surface area contributed by atoms with E-state index in [1.165, 1.54) is 38.5 Å². The summed E-state index contributed by atoms with van der Waals surface area (Å²) in [6.45, 7) is 4.70. The van der Waals surface area contributed by atoms with Crippen LogP contribution in [0.5, 0.6) is 5.75 Å². The summed E-state index contributed by atoms with van der Waals surface area (Å²) >= 11 is 1.77. The van der Waals surface area contributed by atoms with Gasteiger partial charge >= 0.3 is 0 Å². The summed E-state index contributed by atoms with van der Waals surface area (Å²) in [6, 6.07) is 41.3. The van der Waals surface area contributed by atoms with E-state index in [9.17, 15) is 0 Å². The van der Waals surface area contributed by atoms with Crippen molar-refractivity contribution >= 4 is 40.2 Å². The molecule has 0 spiro atoms. The van der Waals surface area contributed by atoms with Gasteiger partial charge in [-0.3, -0.25) is 0 Å². The second-order valence-corrected chi connectivity index (χ2v) is 11.6. The molecule has 0 N–H and O–H groups in total. The topological polar surface area (TPSA) is 15.7 Å². The van der Waals surface area contributed by atoms with Crippen LogP contribution in [0, 0.1) is 0 Å². The third-order valence-electron chi connectivity index (χ3n) is 8.05. The van der Waals surface area contributed by atoms with Crippen LogP contribution in [0.15, 0.2) is 132 Å². The molecule has 0 bridgehead atoms. The van der Waals surface area contributed by atoms with Crippen LogP contribution in [0.25, 0.3) is 11.1 Å². The van der Waals surface area contributed by atoms with Crippen molar-refractivity contribution < 1.29 is 4.74 Å². The quantitative estimate of drug-likeness (QED) is 0.221. The average molecular weight is 539 g/mol. The number of anilines is 5. The Balaban J connectivity index is 1.31. The van der Waals surface area contributed by atoms with Crippen molar-refractivity contribution in [2.75, 3.05) is 16.9 Å². The fraction of sp³-hybridized carbons (Fsp3) is 0.111. The van der Waals surface area contributed by atoms with Crippen molar-refractivity contribution in [2.45, 2.75) is 24.2 Å². The number of hydrogen-bond donors (Lipinski definition) is 0. The highest BCUT2D eigenvalue weighted by molar-refractivity contribution is 8.02. The lowest BCUT2D eigenvalue weighted by molar-refractivity contribution is 0.415. The lowest BCUT2D eigenvalue weighted by atomic mass is 9.82. The Hall–Kier alpha value is -4.41. The zero-order valence-electron chi connectivity index (χ0n) is 22.8. The fourth-order valence-corrected chi connectivity index (χ4v) is 6.76. The van der Waals surface area contributed by atoms with E-state index in [4.69, 9.17) is 4.74 Å². The molecule has 0 fully saturated rings. The van der Waals surface area contributed by atoms with E-state index < -0.39 is 0 Å². The third-order valence-corrected chi connectivity index (χ3v) is 8.91. The largest absolute Gasteiger partial charge is 0.497 e. The Morgan fingerprint density at radius 1 is 0.675 bits per heavy atom. The van der Waals surface area contributed by atoms with E-state index in [1.807, 2.05) is 12.1 Å². The number of benzene rings is 5. The molecule has 0 saturated carbocycles. The third kappa shape index (κ3) is 3.99. The van der Waals surface area contributed by atoms with Crippen LogP contribution in [-0.4, -0.2) is 7.11 Å². The maximum absolute atomic E-state index is 5.43. The molecule has 1 heterocycles. The summed E-state index contributed by atoms with van der Waals surface area (Å²) < 4.78 is 5.43. The summed E-state index contributed by atoms with van der Waals surface area (Å²) in [6.07, 6.45) is 2.18. The van der Waals surface area contributed by atoms with Gasteiger partial charge in [0.15, 0.2) is 0 Å². The molecule has 1 aliphatic carbocycles. The lowest BCUT2D eigenvalue weighted by Gasteiger charge is -2.29. The first-order chi connectivity index (χ1) is 19.5. The van der Waals surface area contributed by atoms with Crippen molar-refractivity contribution in [3.63, 3.8) is 0 Å². The van der Waals surface area contributed by atoms with Gasteiger partial charge in [0.25, 0.3) is 0 Å². The molecule has 0 saturated heterocycles. The summed E-state index contributed by atoms with van der Waals surface area (Å²) in [5.74, 6) is 0.850. The second-order valence-electron chi connectivity index (χ2n) is 10.7. The zero-order chi connectivity index (χ0) is 27.3. The fourth-order valence-electron chi connectivity index (χ4n) is 5.98. The van der Waals surface area contributed by atoms with Gasteiger partial charge in [-0.1, -0.05) is 68.1 Å². The first-order valence-electron chi connectivity index (χ1n) is 13.5. The van der Waals surface area contributed by atoms with Crippen molar-refractivity contribution in [3.8, 4) is 16.9 Å². The van der Waals surface area contributed by atoms with Gasteiger partial charge in [0.1, 0.15) is 5.75 Å².